The van der Waals surface area contributed by atoms with E-state index in [1.165, 1.54) is 0 Å². The number of aliphatic hydroxyl groups excluding tert-OH is 1. The van der Waals surface area contributed by atoms with E-state index in [0.29, 0.717) is 34.8 Å². The first kappa shape index (κ1) is 15.9. The number of hydrogen-bond donors (Lipinski definition) is 3. The number of hydrogen-bond acceptors (Lipinski definition) is 4. The maximum Gasteiger partial charge on any atom is 0.147 e. The van der Waals surface area contributed by atoms with Crippen LogP contribution in [0.5, 0.6) is 0 Å². The molecule has 0 saturated heterocycles. The van der Waals surface area contributed by atoms with Gasteiger partial charge in [0.15, 0.2) is 0 Å². The number of aliphatic hydroxyl groups is 1. The first-order chi connectivity index (χ1) is 10.1. The number of pyridine rings is 1. The van der Waals surface area contributed by atoms with Crippen LogP contribution < -0.4 is 10.6 Å². The smallest absolute Gasteiger partial charge is 0.147 e. The Morgan fingerprint density at radius 3 is 2.33 bits per heavy atom. The Morgan fingerprint density at radius 1 is 1.10 bits per heavy atom. The van der Waals surface area contributed by atoms with E-state index in [1.807, 2.05) is 37.3 Å². The average Bonchev–Trinajstić information content (AvgIpc) is 2.49. The standard InChI is InChI=1S/C15H17Cl2N3O/c1-2-18-14-11(16)8-12(17)15(20-14)19-9-13(21)10-6-4-3-5-7-10/h3-8,13,21H,2,9H2,1H3,(H2,18,19,20). The molecule has 0 bridgehead atoms. The number of benzene rings is 1. The Hall–Kier alpha value is -1.49. The third-order valence-corrected chi connectivity index (χ3v) is 3.50. The predicted octanol–water partition coefficient (Wildman–Crippen LogP) is 3.97. The summed E-state index contributed by atoms with van der Waals surface area (Å²) in [6, 6.07) is 11.0. The maximum absolute atomic E-state index is 10.1. The van der Waals surface area contributed by atoms with Crippen LogP contribution in [0.2, 0.25) is 10.0 Å². The molecule has 2 aromatic rings. The molecule has 0 amide bonds. The summed E-state index contributed by atoms with van der Waals surface area (Å²) >= 11 is 12.2. The minimum absolute atomic E-state index is 0.309. The second kappa shape index (κ2) is 7.50. The van der Waals surface area contributed by atoms with E-state index in [0.717, 1.165) is 5.56 Å². The fraction of sp³-hybridized carbons (Fsp3) is 0.267. The van der Waals surface area contributed by atoms with Crippen molar-refractivity contribution in [3.05, 3.63) is 52.0 Å². The first-order valence-electron chi connectivity index (χ1n) is 6.68. The van der Waals surface area contributed by atoms with Crippen molar-refractivity contribution in [2.75, 3.05) is 23.7 Å². The molecule has 4 nitrogen and oxygen atoms in total. The summed E-state index contributed by atoms with van der Waals surface area (Å²) in [6.07, 6.45) is -0.637. The topological polar surface area (TPSA) is 57.2 Å². The van der Waals surface area contributed by atoms with E-state index in [4.69, 9.17) is 23.2 Å². The van der Waals surface area contributed by atoms with Crippen molar-refractivity contribution >= 4 is 34.8 Å². The number of anilines is 2. The Labute approximate surface area is 134 Å². The van der Waals surface area contributed by atoms with Gasteiger partial charge < -0.3 is 15.7 Å². The molecular formula is C15H17Cl2N3O. The summed E-state index contributed by atoms with van der Waals surface area (Å²) in [6.45, 7) is 2.98. The molecule has 1 aromatic heterocycles. The number of nitrogens with zero attached hydrogens (tertiary/aromatic N) is 1. The lowest BCUT2D eigenvalue weighted by molar-refractivity contribution is 0.191. The molecule has 0 radical (unpaired) electrons. The van der Waals surface area contributed by atoms with Gasteiger partial charge in [-0.05, 0) is 18.6 Å². The van der Waals surface area contributed by atoms with Gasteiger partial charge in [-0.3, -0.25) is 0 Å². The fourth-order valence-corrected chi connectivity index (χ4v) is 2.36. The Morgan fingerprint density at radius 2 is 1.71 bits per heavy atom. The van der Waals surface area contributed by atoms with Gasteiger partial charge in [-0.15, -0.1) is 0 Å². The molecule has 3 N–H and O–H groups in total. The van der Waals surface area contributed by atoms with Crippen LogP contribution in [-0.4, -0.2) is 23.2 Å². The van der Waals surface area contributed by atoms with Gasteiger partial charge in [-0.25, -0.2) is 4.98 Å². The van der Waals surface area contributed by atoms with Crippen molar-refractivity contribution < 1.29 is 5.11 Å². The van der Waals surface area contributed by atoms with Crippen molar-refractivity contribution in [3.8, 4) is 0 Å². The Balaban J connectivity index is 2.07. The highest BCUT2D eigenvalue weighted by molar-refractivity contribution is 6.37. The molecular weight excluding hydrogens is 309 g/mol. The van der Waals surface area contributed by atoms with Crippen LogP contribution in [0.1, 0.15) is 18.6 Å². The van der Waals surface area contributed by atoms with Crippen molar-refractivity contribution in [2.45, 2.75) is 13.0 Å². The summed E-state index contributed by atoms with van der Waals surface area (Å²) in [4.78, 5) is 4.33. The van der Waals surface area contributed by atoms with E-state index in [2.05, 4.69) is 15.6 Å². The van der Waals surface area contributed by atoms with Crippen LogP contribution in [0.15, 0.2) is 36.4 Å². The minimum atomic E-state index is -0.637. The van der Waals surface area contributed by atoms with E-state index >= 15 is 0 Å². The third-order valence-electron chi connectivity index (χ3n) is 2.92. The molecule has 0 saturated carbocycles. The highest BCUT2D eigenvalue weighted by Gasteiger charge is 2.11. The number of aromatic nitrogens is 1. The lowest BCUT2D eigenvalue weighted by Gasteiger charge is -2.15. The van der Waals surface area contributed by atoms with Crippen molar-refractivity contribution in [1.82, 2.24) is 4.98 Å². The molecule has 0 spiro atoms. The summed E-state index contributed by atoms with van der Waals surface area (Å²) in [5, 5.41) is 17.1. The van der Waals surface area contributed by atoms with Crippen LogP contribution in [0.3, 0.4) is 0 Å². The van der Waals surface area contributed by atoms with Gasteiger partial charge in [0, 0.05) is 13.1 Å². The largest absolute Gasteiger partial charge is 0.387 e. The quantitative estimate of drug-likeness (QED) is 0.752. The first-order valence-corrected chi connectivity index (χ1v) is 7.44. The SMILES string of the molecule is CCNc1nc(NCC(O)c2ccccc2)c(Cl)cc1Cl. The van der Waals surface area contributed by atoms with Gasteiger partial charge in [0.25, 0.3) is 0 Å². The molecule has 1 aromatic carbocycles. The predicted molar refractivity (Wildman–Crippen MR) is 88.3 cm³/mol. The Kier molecular flexibility index (Phi) is 5.67. The molecule has 21 heavy (non-hydrogen) atoms. The molecule has 0 aliphatic rings. The minimum Gasteiger partial charge on any atom is -0.387 e. The normalized spacial score (nSPS) is 12.0. The molecule has 1 heterocycles. The summed E-state index contributed by atoms with van der Waals surface area (Å²) < 4.78 is 0. The zero-order valence-corrected chi connectivity index (χ0v) is 13.1. The molecule has 2 rings (SSSR count). The van der Waals surface area contributed by atoms with Crippen molar-refractivity contribution in [2.24, 2.45) is 0 Å². The van der Waals surface area contributed by atoms with Gasteiger partial charge >= 0.3 is 0 Å². The van der Waals surface area contributed by atoms with E-state index < -0.39 is 6.10 Å². The number of nitrogens with one attached hydrogen (secondary N) is 2. The van der Waals surface area contributed by atoms with Gasteiger partial charge in [-0.1, -0.05) is 53.5 Å². The molecule has 0 fully saturated rings. The molecule has 6 heteroatoms. The van der Waals surface area contributed by atoms with Gasteiger partial charge in [0.2, 0.25) is 0 Å². The average molecular weight is 326 g/mol. The monoisotopic (exact) mass is 325 g/mol. The van der Waals surface area contributed by atoms with Crippen molar-refractivity contribution in [1.29, 1.82) is 0 Å². The van der Waals surface area contributed by atoms with Gasteiger partial charge in [0.05, 0.1) is 16.1 Å². The van der Waals surface area contributed by atoms with E-state index in [-0.39, 0.29) is 0 Å². The van der Waals surface area contributed by atoms with Crippen LogP contribution >= 0.6 is 23.2 Å². The molecule has 1 unspecified atom stereocenters. The molecule has 1 atom stereocenters. The third kappa shape index (κ3) is 4.24. The van der Waals surface area contributed by atoms with Crippen LogP contribution in [-0.2, 0) is 0 Å². The highest BCUT2D eigenvalue weighted by Crippen LogP contribution is 2.29. The molecule has 112 valence electrons. The second-order valence-electron chi connectivity index (χ2n) is 4.49. The van der Waals surface area contributed by atoms with Gasteiger partial charge in [0.1, 0.15) is 11.6 Å². The van der Waals surface area contributed by atoms with E-state index in [1.54, 1.807) is 6.07 Å². The summed E-state index contributed by atoms with van der Waals surface area (Å²) in [5.41, 5.74) is 0.835. The number of rotatable bonds is 6. The van der Waals surface area contributed by atoms with E-state index in [9.17, 15) is 5.11 Å². The zero-order chi connectivity index (χ0) is 15.2. The lowest BCUT2D eigenvalue weighted by Crippen LogP contribution is -2.14. The highest BCUT2D eigenvalue weighted by atomic mass is 35.5. The molecule has 0 aliphatic heterocycles. The molecule has 0 aliphatic carbocycles. The lowest BCUT2D eigenvalue weighted by atomic mass is 10.1. The zero-order valence-electron chi connectivity index (χ0n) is 11.6. The van der Waals surface area contributed by atoms with Gasteiger partial charge in [-0.2, -0.15) is 0 Å². The number of halogens is 2. The summed E-state index contributed by atoms with van der Waals surface area (Å²) in [7, 11) is 0. The van der Waals surface area contributed by atoms with Crippen molar-refractivity contribution in [3.63, 3.8) is 0 Å². The van der Waals surface area contributed by atoms with Crippen LogP contribution in [0.4, 0.5) is 11.6 Å². The fourth-order valence-electron chi connectivity index (χ4n) is 1.87. The second-order valence-corrected chi connectivity index (χ2v) is 5.30. The van der Waals surface area contributed by atoms with Crippen LogP contribution in [0, 0.1) is 0 Å². The van der Waals surface area contributed by atoms with Crippen LogP contribution in [0.25, 0.3) is 0 Å². The summed E-state index contributed by atoms with van der Waals surface area (Å²) in [5.74, 6) is 1.06. The Bertz CT molecular complexity index is 593. The maximum atomic E-state index is 10.1.